The van der Waals surface area contributed by atoms with Gasteiger partial charge in [-0.25, -0.2) is 5.41 Å². The summed E-state index contributed by atoms with van der Waals surface area (Å²) < 4.78 is 5.39. The maximum absolute atomic E-state index is 5.55. The second-order valence-electron chi connectivity index (χ2n) is 3.34. The van der Waals surface area contributed by atoms with Crippen LogP contribution in [0.1, 0.15) is 11.1 Å². The van der Waals surface area contributed by atoms with Gasteiger partial charge in [0, 0.05) is 10.9 Å². The van der Waals surface area contributed by atoms with Gasteiger partial charge < -0.3 is 4.42 Å². The zero-order valence-corrected chi connectivity index (χ0v) is 9.02. The first-order valence-electron chi connectivity index (χ1n) is 4.41. The number of nitrogens with two attached hydrogens (primary N) is 1. The van der Waals surface area contributed by atoms with E-state index in [-0.39, 0.29) is 0 Å². The molecule has 1 heterocycles. The smallest absolute Gasteiger partial charge is 0.396 e. The molecule has 0 radical (unpaired) electrons. The van der Waals surface area contributed by atoms with E-state index >= 15 is 0 Å². The van der Waals surface area contributed by atoms with Crippen LogP contribution in [0.5, 0.6) is 0 Å². The van der Waals surface area contributed by atoms with Crippen molar-refractivity contribution in [3.8, 4) is 11.3 Å². The first-order chi connectivity index (χ1) is 6.66. The van der Waals surface area contributed by atoms with Crippen molar-refractivity contribution in [1.29, 1.82) is 0 Å². The van der Waals surface area contributed by atoms with E-state index in [1.165, 1.54) is 22.5 Å². The Kier molecular flexibility index (Phi) is 2.25. The molecular weight excluding hydrogens is 194 g/mol. The Morgan fingerprint density at radius 2 is 2.07 bits per heavy atom. The Morgan fingerprint density at radius 3 is 2.64 bits per heavy atom. The highest BCUT2D eigenvalue weighted by Crippen LogP contribution is 2.23. The van der Waals surface area contributed by atoms with Crippen LogP contribution in [0, 0.1) is 13.8 Å². The van der Waals surface area contributed by atoms with Crippen LogP contribution in [0.3, 0.4) is 0 Å². The van der Waals surface area contributed by atoms with Crippen LogP contribution in [0.4, 0.5) is 0 Å². The predicted octanol–water partition coefficient (Wildman–Crippen LogP) is 1.28. The molecule has 2 rings (SSSR count). The first kappa shape index (κ1) is 9.21. The summed E-state index contributed by atoms with van der Waals surface area (Å²) in [5.74, 6) is 0.852. The van der Waals surface area contributed by atoms with Crippen molar-refractivity contribution in [3.63, 3.8) is 0 Å². The fourth-order valence-electron chi connectivity index (χ4n) is 1.48. The Balaban J connectivity index is 2.57. The molecule has 0 aliphatic heterocycles. The molecule has 0 saturated carbocycles. The molecular formula is C11H12NOS+. The molecule has 14 heavy (non-hydrogen) atoms. The quantitative estimate of drug-likeness (QED) is 0.750. The molecule has 2 N–H and O–H groups in total. The second-order valence-corrected chi connectivity index (χ2v) is 4.21. The molecule has 0 aliphatic rings. The van der Waals surface area contributed by atoms with Gasteiger partial charge in [0.25, 0.3) is 0 Å². The van der Waals surface area contributed by atoms with Gasteiger partial charge in [-0.05, 0) is 30.7 Å². The highest BCUT2D eigenvalue weighted by Gasteiger charge is 2.06. The summed E-state index contributed by atoms with van der Waals surface area (Å²) in [5, 5.41) is 7.49. The Bertz CT molecular complexity index is 510. The molecule has 0 bridgehead atoms. The average Bonchev–Trinajstić information content (AvgIpc) is 2.51. The number of aryl methyl sites for hydroxylation is 2. The zero-order valence-electron chi connectivity index (χ0n) is 8.20. The van der Waals surface area contributed by atoms with Crippen molar-refractivity contribution < 1.29 is 9.83 Å². The minimum atomic E-state index is 0.500. The summed E-state index contributed by atoms with van der Waals surface area (Å²) in [7, 11) is 0. The normalized spacial score (nSPS) is 10.4. The maximum atomic E-state index is 5.55. The largest absolute Gasteiger partial charge is 0.426 e. The van der Waals surface area contributed by atoms with E-state index in [0.717, 1.165) is 11.3 Å². The monoisotopic (exact) mass is 206 g/mol. The SMILES string of the molecule is Cc1ccc(-c2csc(=[NH2+])o2)c(C)c1. The molecule has 0 saturated heterocycles. The van der Waals surface area contributed by atoms with Crippen molar-refractivity contribution in [2.75, 3.05) is 0 Å². The Labute approximate surface area is 86.3 Å². The van der Waals surface area contributed by atoms with Crippen molar-refractivity contribution in [1.82, 2.24) is 0 Å². The predicted molar refractivity (Wildman–Crippen MR) is 56.6 cm³/mol. The van der Waals surface area contributed by atoms with Crippen molar-refractivity contribution >= 4 is 11.3 Å². The topological polar surface area (TPSA) is 38.7 Å². The molecule has 1 aromatic carbocycles. The average molecular weight is 206 g/mol. The van der Waals surface area contributed by atoms with Crippen LogP contribution in [0.15, 0.2) is 28.0 Å². The summed E-state index contributed by atoms with van der Waals surface area (Å²) in [4.78, 5) is 0.500. The maximum Gasteiger partial charge on any atom is 0.426 e. The molecule has 1 aromatic heterocycles. The zero-order chi connectivity index (χ0) is 10.1. The summed E-state index contributed by atoms with van der Waals surface area (Å²) in [6, 6.07) is 6.28. The minimum absolute atomic E-state index is 0.500. The standard InChI is InChI=1S/C11H11NOS/c1-7-3-4-9(8(2)5-7)10-6-14-11(12)13-10/h3-6,12H,1-2H3/p+1. The summed E-state index contributed by atoms with van der Waals surface area (Å²) in [6.07, 6.45) is 0. The van der Waals surface area contributed by atoms with Crippen LogP contribution in [-0.2, 0) is 0 Å². The lowest BCUT2D eigenvalue weighted by Gasteiger charge is -2.02. The van der Waals surface area contributed by atoms with Crippen LogP contribution < -0.4 is 10.3 Å². The lowest BCUT2D eigenvalue weighted by molar-refractivity contribution is -0.190. The molecule has 72 valence electrons. The molecule has 2 aromatic rings. The van der Waals surface area contributed by atoms with Crippen LogP contribution in [0.25, 0.3) is 11.3 Å². The third-order valence-corrected chi connectivity index (χ3v) is 2.79. The van der Waals surface area contributed by atoms with Crippen LogP contribution in [-0.4, -0.2) is 0 Å². The number of benzene rings is 1. The third kappa shape index (κ3) is 1.63. The molecule has 3 heteroatoms. The van der Waals surface area contributed by atoms with E-state index in [2.05, 4.69) is 32.0 Å². The number of rotatable bonds is 1. The highest BCUT2D eigenvalue weighted by atomic mass is 32.1. The molecule has 0 amide bonds. The van der Waals surface area contributed by atoms with E-state index in [1.807, 2.05) is 5.38 Å². The van der Waals surface area contributed by atoms with Crippen molar-refractivity contribution in [2.45, 2.75) is 13.8 Å². The summed E-state index contributed by atoms with van der Waals surface area (Å²) in [6.45, 7) is 4.15. The van der Waals surface area contributed by atoms with Crippen LogP contribution in [0.2, 0.25) is 0 Å². The highest BCUT2D eigenvalue weighted by molar-refractivity contribution is 7.07. The van der Waals surface area contributed by atoms with Crippen molar-refractivity contribution in [2.24, 2.45) is 0 Å². The second kappa shape index (κ2) is 3.42. The Hall–Kier alpha value is -1.35. The first-order valence-corrected chi connectivity index (χ1v) is 5.29. The van der Waals surface area contributed by atoms with Gasteiger partial charge in [-0.3, -0.25) is 0 Å². The molecule has 0 unspecified atom stereocenters. The van der Waals surface area contributed by atoms with Gasteiger partial charge in [-0.15, -0.1) is 0 Å². The van der Waals surface area contributed by atoms with E-state index in [4.69, 9.17) is 9.83 Å². The lowest BCUT2D eigenvalue weighted by atomic mass is 10.0. The lowest BCUT2D eigenvalue weighted by Crippen LogP contribution is -2.41. The molecule has 2 nitrogen and oxygen atoms in total. The van der Waals surface area contributed by atoms with Gasteiger partial charge in [0.2, 0.25) is 0 Å². The van der Waals surface area contributed by atoms with Crippen LogP contribution >= 0.6 is 11.3 Å². The van der Waals surface area contributed by atoms with Crippen molar-refractivity contribution in [3.05, 3.63) is 39.6 Å². The van der Waals surface area contributed by atoms with E-state index < -0.39 is 0 Å². The Morgan fingerprint density at radius 1 is 1.29 bits per heavy atom. The van der Waals surface area contributed by atoms with Gasteiger partial charge in [0.1, 0.15) is 0 Å². The summed E-state index contributed by atoms with van der Waals surface area (Å²) in [5.41, 5.74) is 3.59. The number of hydrogen-bond acceptors (Lipinski definition) is 2. The fraction of sp³-hybridized carbons (Fsp3) is 0.182. The minimum Gasteiger partial charge on any atom is -0.396 e. The molecule has 0 fully saturated rings. The van der Waals surface area contributed by atoms with Gasteiger partial charge in [0.05, 0.1) is 0 Å². The van der Waals surface area contributed by atoms with E-state index in [9.17, 15) is 0 Å². The van der Waals surface area contributed by atoms with Gasteiger partial charge >= 0.3 is 4.87 Å². The number of hydrogen-bond donors (Lipinski definition) is 1. The van der Waals surface area contributed by atoms with Gasteiger partial charge in [-0.1, -0.05) is 23.8 Å². The van der Waals surface area contributed by atoms with Gasteiger partial charge in [0.15, 0.2) is 5.76 Å². The van der Waals surface area contributed by atoms with E-state index in [1.54, 1.807) is 0 Å². The summed E-state index contributed by atoms with van der Waals surface area (Å²) >= 11 is 1.42. The fourth-order valence-corrected chi connectivity index (χ4v) is 2.01. The van der Waals surface area contributed by atoms with Gasteiger partial charge in [-0.2, -0.15) is 0 Å². The molecule has 0 spiro atoms. The van der Waals surface area contributed by atoms with E-state index in [0.29, 0.717) is 4.87 Å². The molecule has 0 atom stereocenters. The molecule has 0 aliphatic carbocycles. The third-order valence-electron chi connectivity index (χ3n) is 2.14.